The molecule has 0 saturated carbocycles. The molecule has 2 rings (SSSR count). The van der Waals surface area contributed by atoms with Gasteiger partial charge in [-0.15, -0.1) is 11.3 Å². The van der Waals surface area contributed by atoms with Crippen LogP contribution in [0.2, 0.25) is 0 Å². The van der Waals surface area contributed by atoms with Gasteiger partial charge in [-0.2, -0.15) is 0 Å². The molecule has 0 amide bonds. The summed E-state index contributed by atoms with van der Waals surface area (Å²) in [5, 5.41) is 5.73. The van der Waals surface area contributed by atoms with Crippen molar-refractivity contribution in [3.8, 4) is 5.75 Å². The molecule has 1 aromatic carbocycles. The highest BCUT2D eigenvalue weighted by Gasteiger charge is 2.16. The van der Waals surface area contributed by atoms with Crippen LogP contribution in [0.5, 0.6) is 5.75 Å². The number of thiophene rings is 1. The van der Waals surface area contributed by atoms with E-state index in [2.05, 4.69) is 54.9 Å². The zero-order chi connectivity index (χ0) is 14.5. The normalized spacial score (nSPS) is 12.7. The minimum absolute atomic E-state index is 0.213. The first kappa shape index (κ1) is 15.1. The summed E-state index contributed by atoms with van der Waals surface area (Å²) in [6, 6.07) is 10.9. The van der Waals surface area contributed by atoms with E-state index in [0.717, 1.165) is 12.3 Å². The molecule has 1 atom stereocenters. The number of aryl methyl sites for hydroxylation is 1. The third-order valence-corrected chi connectivity index (χ3v) is 4.24. The van der Waals surface area contributed by atoms with Gasteiger partial charge in [-0.1, -0.05) is 19.1 Å². The van der Waals surface area contributed by atoms with Gasteiger partial charge in [0.25, 0.3) is 0 Å². The molecule has 0 radical (unpaired) electrons. The topological polar surface area (TPSA) is 21.3 Å². The first-order valence-electron chi connectivity index (χ1n) is 7.15. The van der Waals surface area contributed by atoms with Gasteiger partial charge >= 0.3 is 0 Å². The Morgan fingerprint density at radius 1 is 1.15 bits per heavy atom. The van der Waals surface area contributed by atoms with E-state index in [-0.39, 0.29) is 12.1 Å². The van der Waals surface area contributed by atoms with Crippen LogP contribution in [0, 0.1) is 6.92 Å². The van der Waals surface area contributed by atoms with Crippen LogP contribution in [0.25, 0.3) is 0 Å². The number of rotatable bonds is 6. The standard InChI is InChI=1S/C17H23NOS/c1-5-18-16(17-13(4)10-11-20-17)14-6-8-15(9-7-14)19-12(2)3/h6-12,16,18H,5H2,1-4H3. The van der Waals surface area contributed by atoms with E-state index in [9.17, 15) is 0 Å². The van der Waals surface area contributed by atoms with Crippen LogP contribution in [0.3, 0.4) is 0 Å². The fraction of sp³-hybridized carbons (Fsp3) is 0.412. The summed E-state index contributed by atoms with van der Waals surface area (Å²) >= 11 is 1.81. The first-order chi connectivity index (χ1) is 9.61. The summed E-state index contributed by atoms with van der Waals surface area (Å²) in [7, 11) is 0. The molecule has 1 aromatic heterocycles. The molecular weight excluding hydrogens is 266 g/mol. The Morgan fingerprint density at radius 3 is 2.35 bits per heavy atom. The molecule has 0 fully saturated rings. The van der Waals surface area contributed by atoms with E-state index >= 15 is 0 Å². The molecule has 0 bridgehead atoms. The number of benzene rings is 1. The molecule has 0 aliphatic heterocycles. The molecule has 3 heteroatoms. The van der Waals surface area contributed by atoms with E-state index < -0.39 is 0 Å². The third-order valence-electron chi connectivity index (χ3n) is 3.16. The number of ether oxygens (including phenoxy) is 1. The van der Waals surface area contributed by atoms with Crippen molar-refractivity contribution in [3.05, 3.63) is 51.7 Å². The zero-order valence-electron chi connectivity index (χ0n) is 12.6. The Labute approximate surface area is 125 Å². The van der Waals surface area contributed by atoms with Crippen LogP contribution in [-0.4, -0.2) is 12.6 Å². The van der Waals surface area contributed by atoms with Crippen molar-refractivity contribution in [3.63, 3.8) is 0 Å². The maximum Gasteiger partial charge on any atom is 0.119 e. The molecule has 0 saturated heterocycles. The summed E-state index contributed by atoms with van der Waals surface area (Å²) in [4.78, 5) is 1.39. The van der Waals surface area contributed by atoms with E-state index in [4.69, 9.17) is 4.74 Å². The molecule has 0 aliphatic rings. The number of nitrogens with one attached hydrogen (secondary N) is 1. The molecule has 2 nitrogen and oxygen atoms in total. The van der Waals surface area contributed by atoms with E-state index in [1.54, 1.807) is 0 Å². The Hall–Kier alpha value is -1.32. The summed E-state index contributed by atoms with van der Waals surface area (Å²) < 4.78 is 5.71. The molecule has 0 spiro atoms. The van der Waals surface area contributed by atoms with Crippen molar-refractivity contribution in [2.75, 3.05) is 6.54 Å². The molecule has 108 valence electrons. The van der Waals surface area contributed by atoms with Crippen LogP contribution in [-0.2, 0) is 0 Å². The van der Waals surface area contributed by atoms with Gasteiger partial charge in [0, 0.05) is 4.88 Å². The summed E-state index contributed by atoms with van der Waals surface area (Å²) in [5.41, 5.74) is 2.64. The maximum atomic E-state index is 5.71. The Balaban J connectivity index is 2.24. The van der Waals surface area contributed by atoms with Gasteiger partial charge in [0.1, 0.15) is 5.75 Å². The first-order valence-corrected chi connectivity index (χ1v) is 8.03. The van der Waals surface area contributed by atoms with Crippen LogP contribution >= 0.6 is 11.3 Å². The third kappa shape index (κ3) is 3.62. The minimum Gasteiger partial charge on any atom is -0.491 e. The fourth-order valence-electron chi connectivity index (χ4n) is 2.26. The average molecular weight is 289 g/mol. The van der Waals surface area contributed by atoms with Gasteiger partial charge in [0.05, 0.1) is 12.1 Å². The fourth-order valence-corrected chi connectivity index (χ4v) is 3.29. The highest BCUT2D eigenvalue weighted by molar-refractivity contribution is 7.10. The maximum absolute atomic E-state index is 5.71. The number of hydrogen-bond acceptors (Lipinski definition) is 3. The molecule has 1 heterocycles. The van der Waals surface area contributed by atoms with Crippen LogP contribution < -0.4 is 10.1 Å². The predicted molar refractivity (Wildman–Crippen MR) is 86.8 cm³/mol. The van der Waals surface area contributed by atoms with Crippen LogP contribution in [0.4, 0.5) is 0 Å². The summed E-state index contributed by atoms with van der Waals surface area (Å²) in [6.07, 6.45) is 0.213. The van der Waals surface area contributed by atoms with Crippen LogP contribution in [0.1, 0.15) is 42.8 Å². The van der Waals surface area contributed by atoms with Gasteiger partial charge in [-0.3, -0.25) is 0 Å². The summed E-state index contributed by atoms with van der Waals surface area (Å²) in [6.45, 7) is 9.36. The largest absolute Gasteiger partial charge is 0.491 e. The quantitative estimate of drug-likeness (QED) is 0.843. The van der Waals surface area contributed by atoms with Crippen molar-refractivity contribution >= 4 is 11.3 Å². The van der Waals surface area contributed by atoms with Crippen molar-refractivity contribution in [2.45, 2.75) is 39.8 Å². The highest BCUT2D eigenvalue weighted by Crippen LogP contribution is 2.30. The van der Waals surface area contributed by atoms with Gasteiger partial charge in [-0.05, 0) is 62.0 Å². The van der Waals surface area contributed by atoms with Gasteiger partial charge in [0.2, 0.25) is 0 Å². The molecule has 2 aromatic rings. The van der Waals surface area contributed by atoms with Crippen molar-refractivity contribution in [1.82, 2.24) is 5.32 Å². The second kappa shape index (κ2) is 6.91. The van der Waals surface area contributed by atoms with E-state index in [0.29, 0.717) is 0 Å². The monoisotopic (exact) mass is 289 g/mol. The summed E-state index contributed by atoms with van der Waals surface area (Å²) in [5.74, 6) is 0.932. The predicted octanol–water partition coefficient (Wildman–Crippen LogP) is 4.54. The van der Waals surface area contributed by atoms with Gasteiger partial charge < -0.3 is 10.1 Å². The lowest BCUT2D eigenvalue weighted by molar-refractivity contribution is 0.242. The van der Waals surface area contributed by atoms with E-state index in [1.807, 2.05) is 25.2 Å². The lowest BCUT2D eigenvalue weighted by Gasteiger charge is -2.19. The second-order valence-corrected chi connectivity index (χ2v) is 6.14. The van der Waals surface area contributed by atoms with Crippen molar-refractivity contribution in [1.29, 1.82) is 0 Å². The molecule has 20 heavy (non-hydrogen) atoms. The molecule has 0 aliphatic carbocycles. The SMILES string of the molecule is CCNC(c1ccc(OC(C)C)cc1)c1sccc1C. The zero-order valence-corrected chi connectivity index (χ0v) is 13.5. The lowest BCUT2D eigenvalue weighted by Crippen LogP contribution is -2.21. The lowest BCUT2D eigenvalue weighted by atomic mass is 10.0. The van der Waals surface area contributed by atoms with Crippen molar-refractivity contribution < 1.29 is 4.74 Å². The molecule has 1 N–H and O–H groups in total. The Morgan fingerprint density at radius 2 is 1.85 bits per heavy atom. The Bertz CT molecular complexity index is 530. The smallest absolute Gasteiger partial charge is 0.119 e. The number of hydrogen-bond donors (Lipinski definition) is 1. The molecular formula is C17H23NOS. The van der Waals surface area contributed by atoms with E-state index in [1.165, 1.54) is 16.0 Å². The second-order valence-electron chi connectivity index (χ2n) is 5.19. The van der Waals surface area contributed by atoms with Crippen LogP contribution in [0.15, 0.2) is 35.7 Å². The average Bonchev–Trinajstić information content (AvgIpc) is 2.83. The minimum atomic E-state index is 0.213. The molecule has 1 unspecified atom stereocenters. The van der Waals surface area contributed by atoms with Gasteiger partial charge in [-0.25, -0.2) is 0 Å². The highest BCUT2D eigenvalue weighted by atomic mass is 32.1. The van der Waals surface area contributed by atoms with Crippen molar-refractivity contribution in [2.24, 2.45) is 0 Å². The van der Waals surface area contributed by atoms with Gasteiger partial charge in [0.15, 0.2) is 0 Å². The Kier molecular flexibility index (Phi) is 5.21.